The zero-order valence-electron chi connectivity index (χ0n) is 9.40. The smallest absolute Gasteiger partial charge is 0.196 e. The number of benzene rings is 1. The summed E-state index contributed by atoms with van der Waals surface area (Å²) >= 11 is 4.65. The van der Waals surface area contributed by atoms with Gasteiger partial charge in [-0.2, -0.15) is 0 Å². The molecule has 1 aromatic rings. The first-order chi connectivity index (χ1) is 8.29. The first kappa shape index (κ1) is 12.1. The fourth-order valence-corrected chi connectivity index (χ4v) is 1.67. The van der Waals surface area contributed by atoms with Gasteiger partial charge in [0.25, 0.3) is 0 Å². The number of hydrogen-bond acceptors (Lipinski definition) is 4. The highest BCUT2D eigenvalue weighted by Gasteiger charge is 2.10. The number of amides is 1. The molecule has 17 heavy (non-hydrogen) atoms. The SMILES string of the molecule is O=C(C[S-])NCc1ccc2c(c1)OCCCO2. The van der Waals surface area contributed by atoms with E-state index in [4.69, 9.17) is 9.47 Å². The van der Waals surface area contributed by atoms with Crippen LogP contribution in [0.2, 0.25) is 0 Å². The summed E-state index contributed by atoms with van der Waals surface area (Å²) in [6.07, 6.45) is 0.886. The number of carbonyl (C=O) groups excluding carboxylic acids is 1. The minimum atomic E-state index is -0.132. The molecule has 0 atom stereocenters. The number of nitrogens with one attached hydrogen (secondary N) is 1. The average molecular weight is 252 g/mol. The van der Waals surface area contributed by atoms with Crippen LogP contribution in [0.3, 0.4) is 0 Å². The molecule has 1 N–H and O–H groups in total. The second kappa shape index (κ2) is 5.82. The van der Waals surface area contributed by atoms with Crippen LogP contribution in [0.5, 0.6) is 11.5 Å². The van der Waals surface area contributed by atoms with Crippen molar-refractivity contribution in [2.75, 3.05) is 19.0 Å². The van der Waals surface area contributed by atoms with Crippen LogP contribution < -0.4 is 14.8 Å². The summed E-state index contributed by atoms with van der Waals surface area (Å²) in [7, 11) is 0. The Bertz CT molecular complexity index is 409. The summed E-state index contributed by atoms with van der Waals surface area (Å²) in [6, 6.07) is 5.68. The van der Waals surface area contributed by atoms with Crippen molar-refractivity contribution in [3.8, 4) is 11.5 Å². The molecule has 4 nitrogen and oxygen atoms in total. The van der Waals surface area contributed by atoms with Crippen LogP contribution in [0.15, 0.2) is 18.2 Å². The molecule has 0 fully saturated rings. The molecule has 0 spiro atoms. The predicted molar refractivity (Wildman–Crippen MR) is 66.1 cm³/mol. The molecule has 2 rings (SSSR count). The number of hydrogen-bond donors (Lipinski definition) is 1. The largest absolute Gasteiger partial charge is 0.783 e. The van der Waals surface area contributed by atoms with Crippen molar-refractivity contribution in [1.29, 1.82) is 0 Å². The van der Waals surface area contributed by atoms with E-state index in [0.29, 0.717) is 19.8 Å². The Balaban J connectivity index is 2.04. The fraction of sp³-hybridized carbons (Fsp3) is 0.417. The molecule has 0 saturated carbocycles. The van der Waals surface area contributed by atoms with Gasteiger partial charge < -0.3 is 27.4 Å². The monoisotopic (exact) mass is 252 g/mol. The molecular weight excluding hydrogens is 238 g/mol. The highest BCUT2D eigenvalue weighted by molar-refractivity contribution is 7.59. The van der Waals surface area contributed by atoms with Gasteiger partial charge in [0.2, 0.25) is 0 Å². The van der Waals surface area contributed by atoms with Crippen molar-refractivity contribution in [2.45, 2.75) is 13.0 Å². The summed E-state index contributed by atoms with van der Waals surface area (Å²) in [4.78, 5) is 11.1. The van der Waals surface area contributed by atoms with Gasteiger partial charge in [0.05, 0.1) is 13.2 Å². The zero-order valence-corrected chi connectivity index (χ0v) is 10.2. The lowest BCUT2D eigenvalue weighted by atomic mass is 10.2. The predicted octanol–water partition coefficient (Wildman–Crippen LogP) is 1.01. The first-order valence-electron chi connectivity index (χ1n) is 5.53. The van der Waals surface area contributed by atoms with Gasteiger partial charge in [0, 0.05) is 13.0 Å². The van der Waals surface area contributed by atoms with Crippen molar-refractivity contribution in [3.63, 3.8) is 0 Å². The van der Waals surface area contributed by atoms with Gasteiger partial charge in [-0.3, -0.25) is 4.79 Å². The summed E-state index contributed by atoms with van der Waals surface area (Å²) in [5.41, 5.74) is 0.978. The van der Waals surface area contributed by atoms with Crippen LogP contribution in [0.25, 0.3) is 0 Å². The van der Waals surface area contributed by atoms with E-state index in [9.17, 15) is 4.79 Å². The van der Waals surface area contributed by atoms with Crippen LogP contribution in [-0.4, -0.2) is 24.9 Å². The second-order valence-electron chi connectivity index (χ2n) is 3.75. The van der Waals surface area contributed by atoms with E-state index in [1.807, 2.05) is 18.2 Å². The Labute approximate surface area is 106 Å². The molecule has 0 bridgehead atoms. The minimum Gasteiger partial charge on any atom is -0.783 e. The summed E-state index contributed by atoms with van der Waals surface area (Å²) in [5, 5.41) is 2.73. The quantitative estimate of drug-likeness (QED) is 0.816. The number of ether oxygens (including phenoxy) is 2. The Hall–Kier alpha value is -1.36. The van der Waals surface area contributed by atoms with E-state index in [2.05, 4.69) is 17.9 Å². The van der Waals surface area contributed by atoms with E-state index in [0.717, 1.165) is 23.5 Å². The Morgan fingerprint density at radius 2 is 2.06 bits per heavy atom. The summed E-state index contributed by atoms with van der Waals surface area (Å²) < 4.78 is 11.1. The molecule has 0 radical (unpaired) electrons. The molecule has 1 aliphatic heterocycles. The topological polar surface area (TPSA) is 47.6 Å². The van der Waals surface area contributed by atoms with E-state index in [1.165, 1.54) is 0 Å². The third-order valence-electron chi connectivity index (χ3n) is 2.43. The molecule has 0 unspecified atom stereocenters. The minimum absolute atomic E-state index is 0.0878. The van der Waals surface area contributed by atoms with Gasteiger partial charge in [0.1, 0.15) is 0 Å². The van der Waals surface area contributed by atoms with Crippen LogP contribution >= 0.6 is 0 Å². The third-order valence-corrected chi connectivity index (χ3v) is 2.69. The average Bonchev–Trinajstić information content (AvgIpc) is 2.60. The Morgan fingerprint density at radius 3 is 2.82 bits per heavy atom. The standard InChI is InChI=1S/C12H15NO3S/c14-12(8-17)13-7-9-2-3-10-11(6-9)16-5-1-4-15-10/h2-3,6,17H,1,4-5,7-8H2,(H,13,14)/p-1. The summed E-state index contributed by atoms with van der Waals surface area (Å²) in [5.74, 6) is 1.46. The first-order valence-corrected chi connectivity index (χ1v) is 6.10. The Kier molecular flexibility index (Phi) is 4.14. The van der Waals surface area contributed by atoms with E-state index in [-0.39, 0.29) is 11.7 Å². The fourth-order valence-electron chi connectivity index (χ4n) is 1.57. The molecule has 1 aromatic carbocycles. The van der Waals surface area contributed by atoms with Gasteiger partial charge >= 0.3 is 0 Å². The Morgan fingerprint density at radius 1 is 1.29 bits per heavy atom. The lowest BCUT2D eigenvalue weighted by molar-refractivity contribution is -0.118. The molecule has 1 heterocycles. The van der Waals surface area contributed by atoms with Crippen LogP contribution in [0.1, 0.15) is 12.0 Å². The number of fused-ring (bicyclic) bond motifs is 1. The van der Waals surface area contributed by atoms with E-state index < -0.39 is 0 Å². The van der Waals surface area contributed by atoms with Crippen molar-refractivity contribution >= 4 is 18.5 Å². The third kappa shape index (κ3) is 3.30. The van der Waals surface area contributed by atoms with Gasteiger partial charge in [-0.05, 0) is 17.7 Å². The van der Waals surface area contributed by atoms with Crippen LogP contribution in [-0.2, 0) is 24.0 Å². The van der Waals surface area contributed by atoms with Crippen molar-refractivity contribution in [3.05, 3.63) is 23.8 Å². The van der Waals surface area contributed by atoms with Crippen LogP contribution in [0.4, 0.5) is 0 Å². The molecule has 1 aliphatic rings. The van der Waals surface area contributed by atoms with Crippen molar-refractivity contribution in [1.82, 2.24) is 5.32 Å². The molecule has 1 amide bonds. The maximum atomic E-state index is 11.1. The molecule has 0 aromatic heterocycles. The lowest BCUT2D eigenvalue weighted by Gasteiger charge is -2.10. The van der Waals surface area contributed by atoms with Crippen molar-refractivity contribution in [2.24, 2.45) is 0 Å². The van der Waals surface area contributed by atoms with E-state index >= 15 is 0 Å². The normalized spacial score (nSPS) is 13.9. The molecule has 92 valence electrons. The van der Waals surface area contributed by atoms with Gasteiger partial charge in [0.15, 0.2) is 17.4 Å². The summed E-state index contributed by atoms with van der Waals surface area (Å²) in [6.45, 7) is 1.81. The highest BCUT2D eigenvalue weighted by atomic mass is 32.1. The lowest BCUT2D eigenvalue weighted by Crippen LogP contribution is -2.24. The van der Waals surface area contributed by atoms with Gasteiger partial charge in [-0.25, -0.2) is 0 Å². The second-order valence-corrected chi connectivity index (χ2v) is 4.04. The van der Waals surface area contributed by atoms with Gasteiger partial charge in [-0.1, -0.05) is 11.8 Å². The zero-order chi connectivity index (χ0) is 12.1. The number of carbonyl (C=O) groups is 1. The maximum Gasteiger partial charge on any atom is 0.196 e. The highest BCUT2D eigenvalue weighted by Crippen LogP contribution is 2.30. The van der Waals surface area contributed by atoms with E-state index in [1.54, 1.807) is 0 Å². The number of rotatable bonds is 3. The molecular formula is C12H14NO3S-. The molecule has 0 saturated heterocycles. The van der Waals surface area contributed by atoms with Crippen molar-refractivity contribution < 1.29 is 14.3 Å². The van der Waals surface area contributed by atoms with Gasteiger partial charge in [-0.15, -0.1) is 0 Å². The molecule has 0 aliphatic carbocycles. The molecule has 5 heteroatoms. The van der Waals surface area contributed by atoms with Crippen LogP contribution in [0, 0.1) is 0 Å². The maximum absolute atomic E-state index is 11.1.